The van der Waals surface area contributed by atoms with E-state index in [1.54, 1.807) is 11.9 Å². The number of nitrogens with one attached hydrogen (secondary N) is 1. The molecular formula is C14H17N3O2. The molecule has 1 aromatic carbocycles. The van der Waals surface area contributed by atoms with E-state index < -0.39 is 6.10 Å². The lowest BCUT2D eigenvalue weighted by molar-refractivity contribution is 0.00351. The van der Waals surface area contributed by atoms with E-state index in [9.17, 15) is 4.79 Å². The Morgan fingerprint density at radius 2 is 2.37 bits per heavy atom. The van der Waals surface area contributed by atoms with Crippen molar-refractivity contribution in [1.82, 2.24) is 4.90 Å². The first-order valence-electron chi connectivity index (χ1n) is 6.24. The van der Waals surface area contributed by atoms with Crippen LogP contribution in [0.3, 0.4) is 0 Å². The van der Waals surface area contributed by atoms with Crippen LogP contribution in [-0.4, -0.2) is 43.7 Å². The van der Waals surface area contributed by atoms with Crippen molar-refractivity contribution in [2.24, 2.45) is 0 Å². The fraction of sp³-hybridized carbons (Fsp3) is 0.429. The van der Waals surface area contributed by atoms with Crippen LogP contribution in [0.2, 0.25) is 0 Å². The van der Waals surface area contributed by atoms with Crippen molar-refractivity contribution in [3.05, 3.63) is 29.3 Å². The predicted molar refractivity (Wildman–Crippen MR) is 72.0 cm³/mol. The summed E-state index contributed by atoms with van der Waals surface area (Å²) in [5.74, 6) is -0.0621. The summed E-state index contributed by atoms with van der Waals surface area (Å²) in [5.41, 5.74) is 2.54. The Morgan fingerprint density at radius 3 is 3.05 bits per heavy atom. The first-order valence-corrected chi connectivity index (χ1v) is 6.24. The highest BCUT2D eigenvalue weighted by molar-refractivity contribution is 5.99. The zero-order valence-corrected chi connectivity index (χ0v) is 11.1. The molecule has 100 valence electrons. The number of carbonyl (C=O) groups is 1. The number of amides is 1. The number of morpholine rings is 1. The number of ether oxygens (including phenoxy) is 1. The molecule has 1 atom stereocenters. The van der Waals surface area contributed by atoms with Gasteiger partial charge in [0, 0.05) is 19.3 Å². The maximum absolute atomic E-state index is 12.5. The summed E-state index contributed by atoms with van der Waals surface area (Å²) in [7, 11) is 1.79. The number of carbonyl (C=O) groups excluding carboxylic acids is 1. The maximum atomic E-state index is 12.5. The quantitative estimate of drug-likeness (QED) is 0.872. The summed E-state index contributed by atoms with van der Waals surface area (Å²) in [6.07, 6.45) is -0.527. The first-order chi connectivity index (χ1) is 9.15. The van der Waals surface area contributed by atoms with Crippen molar-refractivity contribution in [1.29, 1.82) is 5.26 Å². The van der Waals surface area contributed by atoms with Crippen LogP contribution >= 0.6 is 0 Å². The summed E-state index contributed by atoms with van der Waals surface area (Å²) in [6, 6.07) is 7.72. The molecule has 1 heterocycles. The highest BCUT2D eigenvalue weighted by Gasteiger charge is 2.26. The van der Waals surface area contributed by atoms with Gasteiger partial charge >= 0.3 is 0 Å². The molecule has 0 aliphatic carbocycles. The van der Waals surface area contributed by atoms with Crippen molar-refractivity contribution in [2.75, 3.05) is 32.1 Å². The SMILES string of the molecule is CNc1cc(C)ccc1C(=O)N1CCOC(C#N)C1. The van der Waals surface area contributed by atoms with E-state index in [1.165, 1.54) is 0 Å². The average molecular weight is 259 g/mol. The van der Waals surface area contributed by atoms with Gasteiger partial charge in [0.2, 0.25) is 0 Å². The van der Waals surface area contributed by atoms with Crippen LogP contribution in [0, 0.1) is 18.3 Å². The second-order valence-electron chi connectivity index (χ2n) is 4.54. The molecule has 5 nitrogen and oxygen atoms in total. The Morgan fingerprint density at radius 1 is 1.58 bits per heavy atom. The molecule has 0 spiro atoms. The van der Waals surface area contributed by atoms with Crippen LogP contribution in [0.15, 0.2) is 18.2 Å². The minimum Gasteiger partial charge on any atom is -0.387 e. The largest absolute Gasteiger partial charge is 0.387 e. The molecule has 19 heavy (non-hydrogen) atoms. The minimum atomic E-state index is -0.527. The normalized spacial score (nSPS) is 18.8. The molecule has 0 bridgehead atoms. The summed E-state index contributed by atoms with van der Waals surface area (Å²) >= 11 is 0. The van der Waals surface area contributed by atoms with Crippen LogP contribution in [0.1, 0.15) is 15.9 Å². The van der Waals surface area contributed by atoms with Crippen molar-refractivity contribution in [3.63, 3.8) is 0 Å². The standard InChI is InChI=1S/C14H17N3O2/c1-10-3-4-12(13(7-10)16-2)14(18)17-5-6-19-11(8-15)9-17/h3-4,7,11,16H,5-6,9H2,1-2H3. The molecular weight excluding hydrogens is 242 g/mol. The van der Waals surface area contributed by atoms with Gasteiger partial charge in [-0.15, -0.1) is 0 Å². The molecule has 1 aliphatic heterocycles. The third-order valence-electron chi connectivity index (χ3n) is 3.17. The predicted octanol–water partition coefficient (Wildman–Crippen LogP) is 1.40. The minimum absolute atomic E-state index is 0.0621. The molecule has 0 radical (unpaired) electrons. The number of rotatable bonds is 2. The van der Waals surface area contributed by atoms with Crippen LogP contribution in [0.5, 0.6) is 0 Å². The van der Waals surface area contributed by atoms with E-state index in [0.29, 0.717) is 25.3 Å². The first kappa shape index (κ1) is 13.4. The van der Waals surface area contributed by atoms with Gasteiger partial charge < -0.3 is 15.0 Å². The Hall–Kier alpha value is -2.06. The second-order valence-corrected chi connectivity index (χ2v) is 4.54. The molecule has 2 rings (SSSR count). The molecule has 1 N–H and O–H groups in total. The van der Waals surface area contributed by atoms with Gasteiger partial charge in [-0.3, -0.25) is 4.79 Å². The number of anilines is 1. The van der Waals surface area contributed by atoms with E-state index in [4.69, 9.17) is 10.00 Å². The molecule has 1 amide bonds. The van der Waals surface area contributed by atoms with Crippen LogP contribution in [-0.2, 0) is 4.74 Å². The Balaban J connectivity index is 2.22. The van der Waals surface area contributed by atoms with Crippen LogP contribution in [0.25, 0.3) is 0 Å². The summed E-state index contributed by atoms with van der Waals surface area (Å²) in [4.78, 5) is 14.1. The fourth-order valence-corrected chi connectivity index (χ4v) is 2.13. The van der Waals surface area contributed by atoms with Crippen molar-refractivity contribution in [2.45, 2.75) is 13.0 Å². The highest BCUT2D eigenvalue weighted by Crippen LogP contribution is 2.20. The van der Waals surface area contributed by atoms with Crippen molar-refractivity contribution < 1.29 is 9.53 Å². The number of nitrogens with zero attached hydrogens (tertiary/aromatic N) is 2. The topological polar surface area (TPSA) is 65.4 Å². The molecule has 1 saturated heterocycles. The molecule has 1 aromatic rings. The van der Waals surface area contributed by atoms with E-state index in [1.807, 2.05) is 31.2 Å². The van der Waals surface area contributed by atoms with Gasteiger partial charge in [0.1, 0.15) is 0 Å². The summed E-state index contributed by atoms with van der Waals surface area (Å²) < 4.78 is 5.25. The molecule has 1 fully saturated rings. The zero-order chi connectivity index (χ0) is 13.8. The maximum Gasteiger partial charge on any atom is 0.256 e. The van der Waals surface area contributed by atoms with E-state index in [-0.39, 0.29) is 5.91 Å². The Labute approximate surface area is 112 Å². The van der Waals surface area contributed by atoms with E-state index in [0.717, 1.165) is 11.3 Å². The lowest BCUT2D eigenvalue weighted by atomic mass is 10.1. The van der Waals surface area contributed by atoms with Crippen molar-refractivity contribution >= 4 is 11.6 Å². The third-order valence-corrected chi connectivity index (χ3v) is 3.17. The second kappa shape index (κ2) is 5.72. The molecule has 0 aromatic heterocycles. The smallest absolute Gasteiger partial charge is 0.256 e. The van der Waals surface area contributed by atoms with Gasteiger partial charge in [-0.05, 0) is 24.6 Å². The third kappa shape index (κ3) is 2.85. The average Bonchev–Trinajstić information content (AvgIpc) is 2.46. The number of benzene rings is 1. The van der Waals surface area contributed by atoms with Gasteiger partial charge in [-0.1, -0.05) is 6.07 Å². The van der Waals surface area contributed by atoms with E-state index in [2.05, 4.69) is 5.32 Å². The van der Waals surface area contributed by atoms with Gasteiger partial charge in [-0.25, -0.2) is 0 Å². The number of hydrogen-bond donors (Lipinski definition) is 1. The highest BCUT2D eigenvalue weighted by atomic mass is 16.5. The van der Waals surface area contributed by atoms with Gasteiger partial charge in [0.05, 0.1) is 24.8 Å². The number of nitriles is 1. The summed E-state index contributed by atoms with van der Waals surface area (Å²) in [5, 5.41) is 11.9. The Kier molecular flexibility index (Phi) is 4.03. The lowest BCUT2D eigenvalue weighted by Crippen LogP contribution is -2.45. The lowest BCUT2D eigenvalue weighted by Gasteiger charge is -2.30. The molecule has 1 aliphatic rings. The number of hydrogen-bond acceptors (Lipinski definition) is 4. The zero-order valence-electron chi connectivity index (χ0n) is 11.1. The molecule has 5 heteroatoms. The van der Waals surface area contributed by atoms with Crippen LogP contribution < -0.4 is 5.32 Å². The Bertz CT molecular complexity index is 522. The summed E-state index contributed by atoms with van der Waals surface area (Å²) in [6.45, 7) is 3.24. The van der Waals surface area contributed by atoms with Crippen LogP contribution in [0.4, 0.5) is 5.69 Å². The monoisotopic (exact) mass is 259 g/mol. The van der Waals surface area contributed by atoms with Crippen molar-refractivity contribution in [3.8, 4) is 6.07 Å². The number of aryl methyl sites for hydroxylation is 1. The van der Waals surface area contributed by atoms with Gasteiger partial charge in [0.25, 0.3) is 5.91 Å². The van der Waals surface area contributed by atoms with E-state index >= 15 is 0 Å². The van der Waals surface area contributed by atoms with Gasteiger partial charge in [-0.2, -0.15) is 5.26 Å². The molecule has 1 unspecified atom stereocenters. The fourth-order valence-electron chi connectivity index (χ4n) is 2.13. The van der Waals surface area contributed by atoms with Gasteiger partial charge in [0.15, 0.2) is 6.10 Å². The molecule has 0 saturated carbocycles.